The SMILES string of the molecule is CN(C)CCN(C(=O)c1ccn(C)n1)c1nc2ccc(OC(F)(F)F)cc2s1.Cl. The van der Waals surface area contributed by atoms with Crippen LogP contribution in [0.4, 0.5) is 18.3 Å². The van der Waals surface area contributed by atoms with Gasteiger partial charge >= 0.3 is 6.36 Å². The van der Waals surface area contributed by atoms with Crippen LogP contribution in [0, 0.1) is 0 Å². The lowest BCUT2D eigenvalue weighted by atomic mass is 10.3. The Morgan fingerprint density at radius 2 is 1.97 bits per heavy atom. The minimum atomic E-state index is -4.77. The van der Waals surface area contributed by atoms with Gasteiger partial charge in [-0.1, -0.05) is 11.3 Å². The number of benzene rings is 1. The van der Waals surface area contributed by atoms with E-state index >= 15 is 0 Å². The van der Waals surface area contributed by atoms with Crippen molar-refractivity contribution in [3.63, 3.8) is 0 Å². The summed E-state index contributed by atoms with van der Waals surface area (Å²) in [5, 5.41) is 4.52. The number of carbonyl (C=O) groups excluding carboxylic acids is 1. The standard InChI is InChI=1S/C17H18F3N5O2S.ClH/c1-23(2)8-9-25(15(26)13-6-7-24(3)22-13)16-21-12-5-4-11(10-14(12)28-16)27-17(18,19)20;/h4-7,10H,8-9H2,1-3H3;1H. The maximum absolute atomic E-state index is 12.9. The number of ether oxygens (including phenoxy) is 1. The zero-order valence-electron chi connectivity index (χ0n) is 15.8. The van der Waals surface area contributed by atoms with E-state index in [0.29, 0.717) is 28.4 Å². The van der Waals surface area contributed by atoms with Gasteiger partial charge in [-0.05, 0) is 32.3 Å². The Balaban J connectivity index is 0.00000300. The topological polar surface area (TPSA) is 63.5 Å². The highest BCUT2D eigenvalue weighted by atomic mass is 35.5. The molecule has 0 N–H and O–H groups in total. The lowest BCUT2D eigenvalue weighted by Gasteiger charge is -2.21. The van der Waals surface area contributed by atoms with E-state index < -0.39 is 6.36 Å². The van der Waals surface area contributed by atoms with Gasteiger partial charge in [0.15, 0.2) is 10.8 Å². The van der Waals surface area contributed by atoms with E-state index in [1.807, 2.05) is 19.0 Å². The van der Waals surface area contributed by atoms with E-state index in [1.54, 1.807) is 19.3 Å². The van der Waals surface area contributed by atoms with Gasteiger partial charge in [-0.25, -0.2) is 4.98 Å². The molecule has 0 aliphatic carbocycles. The minimum absolute atomic E-state index is 0. The van der Waals surface area contributed by atoms with Crippen LogP contribution in [-0.2, 0) is 7.05 Å². The normalized spacial score (nSPS) is 11.6. The summed E-state index contributed by atoms with van der Waals surface area (Å²) in [5.74, 6) is -0.653. The summed E-state index contributed by atoms with van der Waals surface area (Å²) >= 11 is 1.12. The number of halogens is 4. The molecule has 7 nitrogen and oxygen atoms in total. The molecule has 1 amide bonds. The Morgan fingerprint density at radius 1 is 1.24 bits per heavy atom. The monoisotopic (exact) mass is 449 g/mol. The number of fused-ring (bicyclic) bond motifs is 1. The first-order valence-corrected chi connectivity index (χ1v) is 9.06. The summed E-state index contributed by atoms with van der Waals surface area (Å²) in [7, 11) is 5.46. The van der Waals surface area contributed by atoms with Crippen molar-refractivity contribution in [1.82, 2.24) is 19.7 Å². The number of thiazole rings is 1. The number of likely N-dealkylation sites (N-methyl/N-ethyl adjacent to an activating group) is 1. The van der Waals surface area contributed by atoms with Crippen molar-refractivity contribution < 1.29 is 22.7 Å². The molecular formula is C17H19ClF3N5O2S. The number of carbonyl (C=O) groups is 1. The van der Waals surface area contributed by atoms with Crippen LogP contribution in [0.3, 0.4) is 0 Å². The number of amides is 1. The third kappa shape index (κ3) is 5.81. The molecule has 12 heteroatoms. The summed E-state index contributed by atoms with van der Waals surface area (Å²) in [6, 6.07) is 5.50. The summed E-state index contributed by atoms with van der Waals surface area (Å²) in [6.45, 7) is 0.936. The van der Waals surface area contributed by atoms with Crippen LogP contribution in [-0.4, -0.2) is 59.1 Å². The van der Waals surface area contributed by atoms with E-state index in [9.17, 15) is 18.0 Å². The fourth-order valence-corrected chi connectivity index (χ4v) is 3.48. The molecule has 0 aliphatic rings. The summed E-state index contributed by atoms with van der Waals surface area (Å²) in [5.41, 5.74) is 0.750. The number of aryl methyl sites for hydroxylation is 1. The molecule has 3 rings (SSSR count). The van der Waals surface area contributed by atoms with Crippen molar-refractivity contribution in [2.45, 2.75) is 6.36 Å². The van der Waals surface area contributed by atoms with E-state index in [2.05, 4.69) is 14.8 Å². The molecule has 0 saturated carbocycles. The van der Waals surface area contributed by atoms with Crippen molar-refractivity contribution in [1.29, 1.82) is 0 Å². The molecule has 2 heterocycles. The van der Waals surface area contributed by atoms with E-state index in [1.165, 1.54) is 27.8 Å². The van der Waals surface area contributed by atoms with Crippen LogP contribution in [0.5, 0.6) is 5.75 Å². The van der Waals surface area contributed by atoms with Gasteiger partial charge < -0.3 is 9.64 Å². The van der Waals surface area contributed by atoms with Gasteiger partial charge in [0.25, 0.3) is 5.91 Å². The van der Waals surface area contributed by atoms with Crippen LogP contribution in [0.25, 0.3) is 10.2 Å². The molecule has 0 fully saturated rings. The molecule has 2 aromatic heterocycles. The quantitative estimate of drug-likeness (QED) is 0.576. The van der Waals surface area contributed by atoms with Gasteiger partial charge in [0, 0.05) is 32.4 Å². The number of alkyl halides is 3. The first kappa shape index (κ1) is 22.9. The Hall–Kier alpha value is -2.37. The predicted molar refractivity (Wildman–Crippen MR) is 107 cm³/mol. The number of anilines is 1. The molecule has 0 aliphatic heterocycles. The fourth-order valence-electron chi connectivity index (χ4n) is 2.46. The van der Waals surface area contributed by atoms with E-state index in [-0.39, 0.29) is 29.8 Å². The molecule has 0 bridgehead atoms. The number of nitrogens with zero attached hydrogens (tertiary/aromatic N) is 5. The molecule has 3 aromatic rings. The molecule has 0 atom stereocenters. The summed E-state index contributed by atoms with van der Waals surface area (Å²) < 4.78 is 43.3. The highest BCUT2D eigenvalue weighted by molar-refractivity contribution is 7.22. The molecule has 158 valence electrons. The van der Waals surface area contributed by atoms with Crippen molar-refractivity contribution in [2.75, 3.05) is 32.1 Å². The smallest absolute Gasteiger partial charge is 0.406 e. The molecule has 0 unspecified atom stereocenters. The molecule has 0 saturated heterocycles. The van der Waals surface area contributed by atoms with Crippen LogP contribution < -0.4 is 9.64 Å². The summed E-state index contributed by atoms with van der Waals surface area (Å²) in [4.78, 5) is 20.7. The molecular weight excluding hydrogens is 431 g/mol. The Kier molecular flexibility index (Phi) is 7.09. The molecule has 1 aromatic carbocycles. The van der Waals surface area contributed by atoms with Crippen LogP contribution >= 0.6 is 23.7 Å². The number of rotatable bonds is 6. The molecule has 0 radical (unpaired) electrons. The first-order valence-electron chi connectivity index (χ1n) is 8.25. The van der Waals surface area contributed by atoms with Gasteiger partial charge in [-0.15, -0.1) is 25.6 Å². The van der Waals surface area contributed by atoms with Gasteiger partial charge in [-0.3, -0.25) is 14.4 Å². The van der Waals surface area contributed by atoms with Crippen LogP contribution in [0.2, 0.25) is 0 Å². The number of aromatic nitrogens is 3. The second-order valence-electron chi connectivity index (χ2n) is 6.31. The van der Waals surface area contributed by atoms with Crippen molar-refractivity contribution in [3.8, 4) is 5.75 Å². The fraction of sp³-hybridized carbons (Fsp3) is 0.353. The van der Waals surface area contributed by atoms with Crippen LogP contribution in [0.15, 0.2) is 30.5 Å². The highest BCUT2D eigenvalue weighted by Crippen LogP contribution is 2.33. The number of hydrogen-bond acceptors (Lipinski definition) is 6. The lowest BCUT2D eigenvalue weighted by Crippen LogP contribution is -2.37. The Morgan fingerprint density at radius 3 is 2.55 bits per heavy atom. The first-order chi connectivity index (χ1) is 13.1. The molecule has 0 spiro atoms. The predicted octanol–water partition coefficient (Wildman–Crippen LogP) is 3.56. The van der Waals surface area contributed by atoms with E-state index in [0.717, 1.165) is 11.3 Å². The largest absolute Gasteiger partial charge is 0.573 e. The second-order valence-corrected chi connectivity index (χ2v) is 7.32. The Bertz CT molecular complexity index is 989. The molecule has 29 heavy (non-hydrogen) atoms. The Labute approximate surface area is 175 Å². The maximum Gasteiger partial charge on any atom is 0.573 e. The average molecular weight is 450 g/mol. The van der Waals surface area contributed by atoms with Crippen LogP contribution in [0.1, 0.15) is 10.5 Å². The van der Waals surface area contributed by atoms with Gasteiger partial charge in [0.2, 0.25) is 0 Å². The third-order valence-electron chi connectivity index (χ3n) is 3.76. The number of hydrogen-bond donors (Lipinski definition) is 0. The van der Waals surface area contributed by atoms with Crippen molar-refractivity contribution >= 4 is 45.0 Å². The van der Waals surface area contributed by atoms with Gasteiger partial charge in [-0.2, -0.15) is 5.10 Å². The second kappa shape index (κ2) is 8.97. The van der Waals surface area contributed by atoms with Gasteiger partial charge in [0.05, 0.1) is 10.2 Å². The van der Waals surface area contributed by atoms with Crippen molar-refractivity contribution in [3.05, 3.63) is 36.2 Å². The van der Waals surface area contributed by atoms with Crippen molar-refractivity contribution in [2.24, 2.45) is 7.05 Å². The average Bonchev–Trinajstić information content (AvgIpc) is 3.18. The highest BCUT2D eigenvalue weighted by Gasteiger charge is 2.31. The minimum Gasteiger partial charge on any atom is -0.406 e. The summed E-state index contributed by atoms with van der Waals surface area (Å²) in [6.07, 6.45) is -3.11. The maximum atomic E-state index is 12.9. The van der Waals surface area contributed by atoms with Gasteiger partial charge in [0.1, 0.15) is 5.75 Å². The lowest BCUT2D eigenvalue weighted by molar-refractivity contribution is -0.274. The van der Waals surface area contributed by atoms with E-state index in [4.69, 9.17) is 0 Å². The third-order valence-corrected chi connectivity index (χ3v) is 4.80. The zero-order chi connectivity index (χ0) is 20.5. The zero-order valence-corrected chi connectivity index (χ0v) is 17.4.